The highest BCUT2D eigenvalue weighted by atomic mass is 19.1. The summed E-state index contributed by atoms with van der Waals surface area (Å²) < 4.78 is 17.7. The van der Waals surface area contributed by atoms with Gasteiger partial charge in [0.2, 0.25) is 0 Å². The Morgan fingerprint density at radius 2 is 2.00 bits per heavy atom. The third-order valence-electron chi connectivity index (χ3n) is 6.43. The number of H-pyrrole nitrogens is 1. The summed E-state index contributed by atoms with van der Waals surface area (Å²) in [6.07, 6.45) is 7.24. The number of pyridine rings is 2. The van der Waals surface area contributed by atoms with Crippen LogP contribution in [0.2, 0.25) is 0 Å². The quantitative estimate of drug-likeness (QED) is 0.520. The maximum absolute atomic E-state index is 15.9. The van der Waals surface area contributed by atoms with Gasteiger partial charge in [-0.25, -0.2) is 18.9 Å². The van der Waals surface area contributed by atoms with E-state index in [9.17, 15) is 0 Å². The molecule has 0 aliphatic carbocycles. The number of anilines is 1. The van der Waals surface area contributed by atoms with E-state index in [2.05, 4.69) is 50.2 Å². The largest absolute Gasteiger partial charge is 0.354 e. The average molecular weight is 422 g/mol. The normalized spacial score (nSPS) is 15.6. The van der Waals surface area contributed by atoms with Gasteiger partial charge in [0.15, 0.2) is 17.3 Å². The standard InChI is InChI=1S/C23H28FN7/c1-13(2)18-19-17(10-26-23(20(19)24)30-7-5-16(25-4)6-8-30)29-21(18)15-9-14(3)22-27-12-28-31(22)11-15/h9-13,16,25,29H,5-8H2,1-4H3. The Labute approximate surface area is 180 Å². The van der Waals surface area contributed by atoms with Gasteiger partial charge in [-0.05, 0) is 49.9 Å². The fourth-order valence-electron chi connectivity index (χ4n) is 4.80. The van der Waals surface area contributed by atoms with E-state index >= 15 is 4.39 Å². The Balaban J connectivity index is 1.65. The van der Waals surface area contributed by atoms with E-state index in [4.69, 9.17) is 0 Å². The zero-order valence-electron chi connectivity index (χ0n) is 18.4. The van der Waals surface area contributed by atoms with Crippen molar-refractivity contribution >= 4 is 22.4 Å². The van der Waals surface area contributed by atoms with Crippen LogP contribution in [0.15, 0.2) is 24.8 Å². The average Bonchev–Trinajstić information content (AvgIpc) is 3.39. The van der Waals surface area contributed by atoms with E-state index in [1.54, 1.807) is 17.0 Å². The third-order valence-corrected chi connectivity index (χ3v) is 6.43. The van der Waals surface area contributed by atoms with Crippen molar-refractivity contribution < 1.29 is 4.39 Å². The predicted octanol–water partition coefficient (Wildman–Crippen LogP) is 4.03. The molecule has 0 spiro atoms. The smallest absolute Gasteiger partial charge is 0.175 e. The molecule has 5 rings (SSSR count). The molecule has 1 aliphatic rings. The van der Waals surface area contributed by atoms with E-state index in [1.807, 2.05) is 20.2 Å². The highest BCUT2D eigenvalue weighted by molar-refractivity contribution is 5.93. The topological polar surface area (TPSA) is 74.1 Å². The molecule has 5 heterocycles. The van der Waals surface area contributed by atoms with Crippen molar-refractivity contribution in [3.05, 3.63) is 41.7 Å². The lowest BCUT2D eigenvalue weighted by atomic mass is 9.96. The molecule has 8 heteroatoms. The number of aryl methyl sites for hydroxylation is 1. The third kappa shape index (κ3) is 3.26. The predicted molar refractivity (Wildman–Crippen MR) is 121 cm³/mol. The first-order valence-corrected chi connectivity index (χ1v) is 10.9. The zero-order valence-corrected chi connectivity index (χ0v) is 18.4. The first-order valence-electron chi connectivity index (χ1n) is 10.9. The van der Waals surface area contributed by atoms with E-state index < -0.39 is 0 Å². The summed E-state index contributed by atoms with van der Waals surface area (Å²) in [6, 6.07) is 2.57. The second-order valence-electron chi connectivity index (χ2n) is 8.74. The van der Waals surface area contributed by atoms with E-state index in [1.165, 1.54) is 0 Å². The summed E-state index contributed by atoms with van der Waals surface area (Å²) in [7, 11) is 1.99. The van der Waals surface area contributed by atoms with Gasteiger partial charge in [-0.1, -0.05) is 13.8 Å². The Morgan fingerprint density at radius 3 is 2.71 bits per heavy atom. The van der Waals surface area contributed by atoms with Gasteiger partial charge in [-0.15, -0.1) is 0 Å². The fourth-order valence-corrected chi connectivity index (χ4v) is 4.80. The number of halogens is 1. The Morgan fingerprint density at radius 1 is 1.23 bits per heavy atom. The number of fused-ring (bicyclic) bond motifs is 2. The van der Waals surface area contributed by atoms with Crippen LogP contribution in [0.1, 0.15) is 43.7 Å². The molecule has 0 bridgehead atoms. The highest BCUT2D eigenvalue weighted by Gasteiger charge is 2.26. The van der Waals surface area contributed by atoms with Gasteiger partial charge in [-0.2, -0.15) is 5.10 Å². The second kappa shape index (κ2) is 7.60. The van der Waals surface area contributed by atoms with Crippen LogP contribution in [0.5, 0.6) is 0 Å². The second-order valence-corrected chi connectivity index (χ2v) is 8.74. The number of hydrogen-bond acceptors (Lipinski definition) is 5. The first kappa shape index (κ1) is 19.9. The van der Waals surface area contributed by atoms with Gasteiger partial charge < -0.3 is 15.2 Å². The van der Waals surface area contributed by atoms with Gasteiger partial charge >= 0.3 is 0 Å². The molecule has 7 nitrogen and oxygen atoms in total. The minimum Gasteiger partial charge on any atom is -0.354 e. The van der Waals surface area contributed by atoms with Crippen LogP contribution in [-0.2, 0) is 0 Å². The lowest BCUT2D eigenvalue weighted by Gasteiger charge is -2.32. The minimum absolute atomic E-state index is 0.135. The number of rotatable bonds is 4. The van der Waals surface area contributed by atoms with Crippen LogP contribution in [0.25, 0.3) is 27.8 Å². The molecule has 0 amide bonds. The number of aromatic nitrogens is 5. The van der Waals surface area contributed by atoms with Crippen LogP contribution >= 0.6 is 0 Å². The number of hydrogen-bond donors (Lipinski definition) is 2. The molecule has 31 heavy (non-hydrogen) atoms. The van der Waals surface area contributed by atoms with Crippen LogP contribution in [-0.4, -0.2) is 50.7 Å². The van der Waals surface area contributed by atoms with Gasteiger partial charge in [0, 0.05) is 36.3 Å². The SMILES string of the molecule is CNC1CCN(c2ncc3[nH]c(-c4cc(C)c5ncnn5c4)c(C(C)C)c3c2F)CC1. The molecule has 0 radical (unpaired) electrons. The van der Waals surface area contributed by atoms with Gasteiger partial charge in [-0.3, -0.25) is 0 Å². The van der Waals surface area contributed by atoms with E-state index in [0.717, 1.165) is 59.5 Å². The molecular formula is C23H28FN7. The summed E-state index contributed by atoms with van der Waals surface area (Å²) >= 11 is 0. The molecule has 0 unspecified atom stereocenters. The zero-order chi connectivity index (χ0) is 21.7. The lowest BCUT2D eigenvalue weighted by Crippen LogP contribution is -2.41. The van der Waals surface area contributed by atoms with Crippen LogP contribution in [0, 0.1) is 12.7 Å². The van der Waals surface area contributed by atoms with Crippen molar-refractivity contribution in [2.75, 3.05) is 25.0 Å². The Kier molecular flexibility index (Phi) is 4.89. The van der Waals surface area contributed by atoms with Gasteiger partial charge in [0.1, 0.15) is 6.33 Å². The van der Waals surface area contributed by atoms with Crippen molar-refractivity contribution in [3.8, 4) is 11.3 Å². The maximum atomic E-state index is 15.9. The van der Waals surface area contributed by atoms with E-state index in [-0.39, 0.29) is 11.7 Å². The molecule has 1 fully saturated rings. The Hall–Kier alpha value is -3.00. The van der Waals surface area contributed by atoms with Crippen LogP contribution in [0.4, 0.5) is 10.2 Å². The van der Waals surface area contributed by atoms with Crippen LogP contribution in [0.3, 0.4) is 0 Å². The molecule has 4 aromatic heterocycles. The molecule has 0 saturated carbocycles. The fraction of sp³-hybridized carbons (Fsp3) is 0.435. The molecule has 1 saturated heterocycles. The van der Waals surface area contributed by atoms with Crippen molar-refractivity contribution in [2.24, 2.45) is 0 Å². The molecule has 162 valence electrons. The number of nitrogens with one attached hydrogen (secondary N) is 2. The van der Waals surface area contributed by atoms with Crippen LogP contribution < -0.4 is 10.2 Å². The van der Waals surface area contributed by atoms with Crippen molar-refractivity contribution in [1.29, 1.82) is 0 Å². The molecule has 2 N–H and O–H groups in total. The van der Waals surface area contributed by atoms with Gasteiger partial charge in [0.25, 0.3) is 0 Å². The summed E-state index contributed by atoms with van der Waals surface area (Å²) in [5, 5.41) is 8.26. The van der Waals surface area contributed by atoms with Crippen molar-refractivity contribution in [2.45, 2.75) is 45.6 Å². The molecule has 4 aromatic rings. The molecule has 0 atom stereocenters. The van der Waals surface area contributed by atoms with Crippen molar-refractivity contribution in [1.82, 2.24) is 29.9 Å². The molecule has 1 aliphatic heterocycles. The minimum atomic E-state index is -0.231. The molecule has 0 aromatic carbocycles. The lowest BCUT2D eigenvalue weighted by molar-refractivity contribution is 0.437. The number of nitrogens with zero attached hydrogens (tertiary/aromatic N) is 5. The number of aromatic amines is 1. The first-order chi connectivity index (χ1) is 15.0. The number of piperidine rings is 1. The monoisotopic (exact) mass is 421 g/mol. The van der Waals surface area contributed by atoms with E-state index in [0.29, 0.717) is 17.2 Å². The maximum Gasteiger partial charge on any atom is 0.175 e. The summed E-state index contributed by atoms with van der Waals surface area (Å²) in [5.74, 6) is 0.359. The summed E-state index contributed by atoms with van der Waals surface area (Å²) in [6.45, 7) is 7.82. The van der Waals surface area contributed by atoms with Crippen molar-refractivity contribution in [3.63, 3.8) is 0 Å². The van der Waals surface area contributed by atoms with Gasteiger partial charge in [0.05, 0.1) is 17.4 Å². The summed E-state index contributed by atoms with van der Waals surface area (Å²) in [5.41, 5.74) is 5.42. The Bertz CT molecular complexity index is 1250. The highest BCUT2D eigenvalue weighted by Crippen LogP contribution is 2.39. The molecular weight excluding hydrogens is 393 g/mol. The summed E-state index contributed by atoms with van der Waals surface area (Å²) in [4.78, 5) is 14.3.